The van der Waals surface area contributed by atoms with Crippen molar-refractivity contribution < 1.29 is 9.90 Å². The summed E-state index contributed by atoms with van der Waals surface area (Å²) in [7, 11) is 0. The third-order valence-electron chi connectivity index (χ3n) is 4.07. The van der Waals surface area contributed by atoms with Gasteiger partial charge in [0, 0.05) is 11.3 Å². The number of amides is 1. The molecule has 7 heteroatoms. The number of hydrogen-bond donors (Lipinski definition) is 3. The van der Waals surface area contributed by atoms with Gasteiger partial charge in [-0.05, 0) is 35.7 Å². The average molecular weight is 383 g/mol. The first-order chi connectivity index (χ1) is 13.1. The molecule has 3 aromatic rings. The molecule has 1 atom stereocenters. The molecule has 6 nitrogen and oxygen atoms in total. The highest BCUT2D eigenvalue weighted by Gasteiger charge is 2.14. The molecule has 27 heavy (non-hydrogen) atoms. The Morgan fingerprint density at radius 2 is 1.81 bits per heavy atom. The summed E-state index contributed by atoms with van der Waals surface area (Å²) >= 11 is 6.22. The number of carbonyl (C=O) groups is 1. The quantitative estimate of drug-likeness (QED) is 0.608. The van der Waals surface area contributed by atoms with E-state index < -0.39 is 12.5 Å². The van der Waals surface area contributed by atoms with Crippen molar-refractivity contribution in [1.82, 2.24) is 10.2 Å². The van der Waals surface area contributed by atoms with Crippen LogP contribution < -0.4 is 11.1 Å². The zero-order valence-corrected chi connectivity index (χ0v) is 15.2. The number of anilines is 1. The predicted molar refractivity (Wildman–Crippen MR) is 105 cm³/mol. The molecule has 138 valence electrons. The van der Waals surface area contributed by atoms with Crippen LogP contribution in [0.3, 0.4) is 0 Å². The van der Waals surface area contributed by atoms with E-state index in [4.69, 9.17) is 22.4 Å². The number of aliphatic hydroxyl groups is 1. The Morgan fingerprint density at radius 1 is 1.11 bits per heavy atom. The summed E-state index contributed by atoms with van der Waals surface area (Å²) in [4.78, 5) is 11.2. The number of rotatable bonds is 6. The maximum Gasteiger partial charge on any atom is 0.250 e. The number of aliphatic hydroxyl groups excluding tert-OH is 1. The maximum atomic E-state index is 11.2. The van der Waals surface area contributed by atoms with Crippen molar-refractivity contribution in [2.75, 3.05) is 11.9 Å². The molecule has 0 saturated heterocycles. The van der Waals surface area contributed by atoms with Crippen molar-refractivity contribution in [2.24, 2.45) is 5.73 Å². The standard InChI is InChI=1S/C20H19ClN4O2/c21-20-16(14-6-8-15(9-7-14)23-19(27)12-26)11-18(24-25-20)17(22)10-13-4-2-1-3-5-13/h1-9,11,17,26H,10,12,22H2,(H,23,27). The Balaban J connectivity index is 1.81. The molecule has 0 aliphatic carbocycles. The highest BCUT2D eigenvalue weighted by Crippen LogP contribution is 2.29. The largest absolute Gasteiger partial charge is 0.387 e. The normalized spacial score (nSPS) is 11.8. The molecule has 0 fully saturated rings. The minimum atomic E-state index is -0.565. The first-order valence-electron chi connectivity index (χ1n) is 8.40. The van der Waals surface area contributed by atoms with Gasteiger partial charge in [0.05, 0.1) is 11.7 Å². The molecule has 2 aromatic carbocycles. The van der Waals surface area contributed by atoms with E-state index in [0.29, 0.717) is 23.4 Å². The van der Waals surface area contributed by atoms with E-state index in [-0.39, 0.29) is 11.2 Å². The monoisotopic (exact) mass is 382 g/mol. The third kappa shape index (κ3) is 4.89. The number of aromatic nitrogens is 2. The lowest BCUT2D eigenvalue weighted by Gasteiger charge is -2.13. The van der Waals surface area contributed by atoms with E-state index in [9.17, 15) is 4.79 Å². The first-order valence-corrected chi connectivity index (χ1v) is 8.78. The summed E-state index contributed by atoms with van der Waals surface area (Å²) in [5, 5.41) is 19.8. The van der Waals surface area contributed by atoms with Crippen molar-refractivity contribution in [2.45, 2.75) is 12.5 Å². The second-order valence-corrected chi connectivity index (χ2v) is 6.41. The van der Waals surface area contributed by atoms with E-state index in [1.54, 1.807) is 12.1 Å². The van der Waals surface area contributed by atoms with Crippen LogP contribution in [0.2, 0.25) is 5.15 Å². The number of nitrogens with two attached hydrogens (primary N) is 1. The van der Waals surface area contributed by atoms with Gasteiger partial charge in [-0.1, -0.05) is 54.1 Å². The van der Waals surface area contributed by atoms with Gasteiger partial charge in [-0.15, -0.1) is 5.10 Å². The highest BCUT2D eigenvalue weighted by molar-refractivity contribution is 6.32. The highest BCUT2D eigenvalue weighted by atomic mass is 35.5. The molecule has 0 spiro atoms. The number of nitrogens with zero attached hydrogens (tertiary/aromatic N) is 2. The van der Waals surface area contributed by atoms with Gasteiger partial charge in [-0.25, -0.2) is 0 Å². The fraction of sp³-hybridized carbons (Fsp3) is 0.150. The molecule has 3 rings (SSSR count). The number of hydrogen-bond acceptors (Lipinski definition) is 5. The molecule has 0 radical (unpaired) electrons. The fourth-order valence-corrected chi connectivity index (χ4v) is 2.88. The predicted octanol–water partition coefficient (Wildman–Crippen LogP) is 2.97. The van der Waals surface area contributed by atoms with Gasteiger partial charge >= 0.3 is 0 Å². The lowest BCUT2D eigenvalue weighted by atomic mass is 10.0. The number of halogens is 1. The Morgan fingerprint density at radius 3 is 2.48 bits per heavy atom. The van der Waals surface area contributed by atoms with Crippen LogP contribution in [0, 0.1) is 0 Å². The van der Waals surface area contributed by atoms with E-state index in [1.165, 1.54) is 0 Å². The summed E-state index contributed by atoms with van der Waals surface area (Å²) < 4.78 is 0. The molecule has 0 aliphatic heterocycles. The van der Waals surface area contributed by atoms with Crippen molar-refractivity contribution >= 4 is 23.2 Å². The van der Waals surface area contributed by atoms with Crippen molar-refractivity contribution in [3.8, 4) is 11.1 Å². The number of benzene rings is 2. The molecule has 0 aliphatic rings. The molecular formula is C20H19ClN4O2. The van der Waals surface area contributed by atoms with E-state index in [0.717, 1.165) is 11.1 Å². The van der Waals surface area contributed by atoms with Gasteiger partial charge < -0.3 is 16.2 Å². The van der Waals surface area contributed by atoms with Crippen LogP contribution in [0.25, 0.3) is 11.1 Å². The molecule has 1 aromatic heterocycles. The van der Waals surface area contributed by atoms with Crippen LogP contribution in [-0.2, 0) is 11.2 Å². The Bertz CT molecular complexity index is 917. The average Bonchev–Trinajstić information content (AvgIpc) is 2.69. The lowest BCUT2D eigenvalue weighted by Crippen LogP contribution is -2.16. The Kier molecular flexibility index (Phi) is 6.13. The Labute approximate surface area is 162 Å². The summed E-state index contributed by atoms with van der Waals surface area (Å²) in [5.74, 6) is -0.472. The van der Waals surface area contributed by atoms with Crippen LogP contribution in [0.5, 0.6) is 0 Å². The van der Waals surface area contributed by atoms with Gasteiger partial charge in [0.15, 0.2) is 5.15 Å². The van der Waals surface area contributed by atoms with Gasteiger partial charge in [0.25, 0.3) is 0 Å². The summed E-state index contributed by atoms with van der Waals surface area (Å²) in [5.41, 5.74) is 10.2. The van der Waals surface area contributed by atoms with E-state index >= 15 is 0 Å². The van der Waals surface area contributed by atoms with Gasteiger partial charge in [0.1, 0.15) is 6.61 Å². The number of nitrogens with one attached hydrogen (secondary N) is 1. The van der Waals surface area contributed by atoms with Gasteiger partial charge in [0.2, 0.25) is 5.91 Å². The van der Waals surface area contributed by atoms with Crippen LogP contribution >= 0.6 is 11.6 Å². The maximum absolute atomic E-state index is 11.2. The molecule has 1 heterocycles. The first kappa shape index (κ1) is 19.0. The second kappa shape index (κ2) is 8.73. The minimum absolute atomic E-state index is 0.276. The Hall–Kier alpha value is -2.80. The summed E-state index contributed by atoms with van der Waals surface area (Å²) in [6.45, 7) is -0.565. The van der Waals surface area contributed by atoms with Crippen molar-refractivity contribution in [3.05, 3.63) is 77.1 Å². The lowest BCUT2D eigenvalue weighted by molar-refractivity contribution is -0.118. The smallest absolute Gasteiger partial charge is 0.250 e. The molecule has 1 amide bonds. The summed E-state index contributed by atoms with van der Waals surface area (Å²) in [6, 6.07) is 18.5. The molecule has 0 bridgehead atoms. The SMILES string of the molecule is NC(Cc1ccccc1)c1cc(-c2ccc(NC(=O)CO)cc2)c(Cl)nn1. The molecule has 1 unspecified atom stereocenters. The zero-order valence-electron chi connectivity index (χ0n) is 14.5. The van der Waals surface area contributed by atoms with Crippen molar-refractivity contribution in [3.63, 3.8) is 0 Å². The van der Waals surface area contributed by atoms with Crippen molar-refractivity contribution in [1.29, 1.82) is 0 Å². The van der Waals surface area contributed by atoms with E-state index in [2.05, 4.69) is 15.5 Å². The second-order valence-electron chi connectivity index (χ2n) is 6.05. The van der Waals surface area contributed by atoms with Gasteiger partial charge in [-0.3, -0.25) is 4.79 Å². The zero-order chi connectivity index (χ0) is 19.2. The molecular weight excluding hydrogens is 364 g/mol. The van der Waals surface area contributed by atoms with Crippen LogP contribution in [0.15, 0.2) is 60.7 Å². The van der Waals surface area contributed by atoms with Crippen LogP contribution in [0.1, 0.15) is 17.3 Å². The summed E-state index contributed by atoms with van der Waals surface area (Å²) in [6.07, 6.45) is 0.642. The topological polar surface area (TPSA) is 101 Å². The number of carbonyl (C=O) groups excluding carboxylic acids is 1. The van der Waals surface area contributed by atoms with Crippen LogP contribution in [-0.4, -0.2) is 27.8 Å². The molecule has 0 saturated carbocycles. The van der Waals surface area contributed by atoms with Crippen LogP contribution in [0.4, 0.5) is 5.69 Å². The fourth-order valence-electron chi connectivity index (χ4n) is 2.68. The minimum Gasteiger partial charge on any atom is -0.387 e. The van der Waals surface area contributed by atoms with E-state index in [1.807, 2.05) is 48.5 Å². The third-order valence-corrected chi connectivity index (χ3v) is 4.35. The van der Waals surface area contributed by atoms with Gasteiger partial charge in [-0.2, -0.15) is 5.10 Å². The molecule has 4 N–H and O–H groups in total.